The summed E-state index contributed by atoms with van der Waals surface area (Å²) in [5.41, 5.74) is 1.22. The van der Waals surface area contributed by atoms with Crippen LogP contribution in [0.5, 0.6) is 0 Å². The maximum absolute atomic E-state index is 13.1. The van der Waals surface area contributed by atoms with Crippen molar-refractivity contribution in [1.29, 1.82) is 0 Å². The maximum atomic E-state index is 13.1. The topological polar surface area (TPSA) is 60.9 Å². The average molecular weight is 298 g/mol. The smallest absolute Gasteiger partial charge is 0.224 e. The van der Waals surface area contributed by atoms with Gasteiger partial charge in [-0.2, -0.15) is 4.98 Å². The summed E-state index contributed by atoms with van der Waals surface area (Å²) in [5.74, 6) is 0.543. The molecule has 0 amide bonds. The highest BCUT2D eigenvalue weighted by Crippen LogP contribution is 2.32. The predicted octanol–water partition coefficient (Wildman–Crippen LogP) is 2.68. The second-order valence-corrected chi connectivity index (χ2v) is 5.90. The van der Waals surface area contributed by atoms with Crippen LogP contribution in [0.25, 0.3) is 0 Å². The fourth-order valence-electron chi connectivity index (χ4n) is 1.95. The number of nitrogens with one attached hydrogen (secondary N) is 1. The highest BCUT2D eigenvalue weighted by atomic mass is 35.5. The van der Waals surface area contributed by atoms with Crippen LogP contribution >= 0.6 is 11.6 Å². The fourth-order valence-corrected chi connectivity index (χ4v) is 3.45. The van der Waals surface area contributed by atoms with Crippen molar-refractivity contribution in [3.63, 3.8) is 0 Å². The monoisotopic (exact) mass is 297 g/mol. The zero-order chi connectivity index (χ0) is 13.4. The third-order valence-corrected chi connectivity index (χ3v) is 4.38. The summed E-state index contributed by atoms with van der Waals surface area (Å²) in [6.45, 7) is 0. The minimum Gasteiger partial charge on any atom is -0.611 e. The van der Waals surface area contributed by atoms with E-state index in [0.29, 0.717) is 34.3 Å². The molecular formula is C12H9ClFN3OS. The van der Waals surface area contributed by atoms with E-state index in [4.69, 9.17) is 11.6 Å². The Morgan fingerprint density at radius 1 is 1.37 bits per heavy atom. The Kier molecular flexibility index (Phi) is 3.30. The standard InChI is InChI=1S/C12H9ClFN3OS/c13-12-16-9-4-5-19(18)10(9)11(17-12)15-8-3-1-2-7(14)6-8/h1-3,6H,4-5H2,(H,15,16,17). The number of fused-ring (bicyclic) bond motifs is 1. The Bertz CT molecular complexity index is 640. The van der Waals surface area contributed by atoms with Gasteiger partial charge in [-0.15, -0.1) is 0 Å². The van der Waals surface area contributed by atoms with E-state index >= 15 is 0 Å². The summed E-state index contributed by atoms with van der Waals surface area (Å²) in [6, 6.07) is 5.96. The van der Waals surface area contributed by atoms with Gasteiger partial charge in [0, 0.05) is 12.1 Å². The summed E-state index contributed by atoms with van der Waals surface area (Å²) in [5, 5.41) is 3.04. The summed E-state index contributed by atoms with van der Waals surface area (Å²) in [7, 11) is 0. The Morgan fingerprint density at radius 3 is 3.00 bits per heavy atom. The molecule has 1 aromatic carbocycles. The number of rotatable bonds is 2. The van der Waals surface area contributed by atoms with E-state index in [0.717, 1.165) is 0 Å². The van der Waals surface area contributed by atoms with Gasteiger partial charge in [0.2, 0.25) is 10.2 Å². The van der Waals surface area contributed by atoms with Crippen molar-refractivity contribution in [3.05, 3.63) is 41.1 Å². The number of hydrogen-bond acceptors (Lipinski definition) is 4. The molecule has 7 heteroatoms. The van der Waals surface area contributed by atoms with Crippen molar-refractivity contribution in [1.82, 2.24) is 9.97 Å². The number of aromatic nitrogens is 2. The molecule has 1 aromatic heterocycles. The lowest BCUT2D eigenvalue weighted by Gasteiger charge is -2.10. The maximum Gasteiger partial charge on any atom is 0.224 e. The first kappa shape index (κ1) is 12.7. The predicted molar refractivity (Wildman–Crippen MR) is 71.7 cm³/mol. The van der Waals surface area contributed by atoms with Crippen molar-refractivity contribution in [2.75, 3.05) is 11.1 Å². The van der Waals surface area contributed by atoms with Gasteiger partial charge in [-0.1, -0.05) is 6.07 Å². The molecule has 1 unspecified atom stereocenters. The number of hydrogen-bond donors (Lipinski definition) is 1. The molecule has 1 atom stereocenters. The Hall–Kier alpha value is -1.37. The summed E-state index contributed by atoms with van der Waals surface area (Å²) in [6.07, 6.45) is 0.613. The molecule has 0 fully saturated rings. The molecule has 4 nitrogen and oxygen atoms in total. The van der Waals surface area contributed by atoms with E-state index in [1.165, 1.54) is 12.1 Å². The van der Waals surface area contributed by atoms with E-state index in [2.05, 4.69) is 15.3 Å². The van der Waals surface area contributed by atoms with Crippen molar-refractivity contribution in [3.8, 4) is 0 Å². The second-order valence-electron chi connectivity index (χ2n) is 4.05. The molecule has 2 heterocycles. The molecular weight excluding hydrogens is 289 g/mol. The normalized spacial score (nSPS) is 17.3. The number of aryl methyl sites for hydroxylation is 1. The summed E-state index contributed by atoms with van der Waals surface area (Å²) < 4.78 is 25.1. The van der Waals surface area contributed by atoms with Gasteiger partial charge in [0.25, 0.3) is 0 Å². The summed E-state index contributed by atoms with van der Waals surface area (Å²) >= 11 is 4.70. The van der Waals surface area contributed by atoms with Crippen LogP contribution in [0.4, 0.5) is 15.9 Å². The van der Waals surface area contributed by atoms with Crippen molar-refractivity contribution >= 4 is 34.3 Å². The molecule has 19 heavy (non-hydrogen) atoms. The molecule has 0 radical (unpaired) electrons. The van der Waals surface area contributed by atoms with E-state index in [9.17, 15) is 8.94 Å². The minimum absolute atomic E-state index is 0.0940. The molecule has 0 saturated carbocycles. The van der Waals surface area contributed by atoms with Crippen LogP contribution < -0.4 is 5.32 Å². The Labute approximate surface area is 117 Å². The molecule has 1 aliphatic heterocycles. The van der Waals surface area contributed by atoms with E-state index in [1.807, 2.05) is 0 Å². The fraction of sp³-hybridized carbons (Fsp3) is 0.167. The van der Waals surface area contributed by atoms with Crippen molar-refractivity contribution < 1.29 is 8.94 Å². The van der Waals surface area contributed by atoms with Gasteiger partial charge < -0.3 is 9.87 Å². The number of benzene rings is 1. The largest absolute Gasteiger partial charge is 0.611 e. The molecule has 0 saturated heterocycles. The van der Waals surface area contributed by atoms with Gasteiger partial charge in [0.05, 0.1) is 0 Å². The Morgan fingerprint density at radius 2 is 2.21 bits per heavy atom. The van der Waals surface area contributed by atoms with Crippen LogP contribution in [0, 0.1) is 5.82 Å². The van der Waals surface area contributed by atoms with Crippen LogP contribution in [-0.2, 0) is 17.6 Å². The summed E-state index contributed by atoms with van der Waals surface area (Å²) in [4.78, 5) is 8.68. The van der Waals surface area contributed by atoms with E-state index < -0.39 is 11.2 Å². The molecule has 1 N–H and O–H groups in total. The first-order chi connectivity index (χ1) is 9.13. The van der Waals surface area contributed by atoms with Gasteiger partial charge in [-0.05, 0) is 41.0 Å². The third-order valence-electron chi connectivity index (χ3n) is 2.75. The van der Waals surface area contributed by atoms with Gasteiger partial charge >= 0.3 is 0 Å². The Balaban J connectivity index is 2.01. The number of halogens is 2. The van der Waals surface area contributed by atoms with Crippen LogP contribution in [-0.4, -0.2) is 20.3 Å². The highest BCUT2D eigenvalue weighted by Gasteiger charge is 2.31. The van der Waals surface area contributed by atoms with Crippen molar-refractivity contribution in [2.24, 2.45) is 0 Å². The van der Waals surface area contributed by atoms with Crippen LogP contribution in [0.3, 0.4) is 0 Å². The molecule has 2 aromatic rings. The van der Waals surface area contributed by atoms with Crippen molar-refractivity contribution in [2.45, 2.75) is 11.3 Å². The van der Waals surface area contributed by atoms with Crippen LogP contribution in [0.1, 0.15) is 5.69 Å². The molecule has 1 aliphatic rings. The molecule has 0 bridgehead atoms. The zero-order valence-corrected chi connectivity index (χ0v) is 11.3. The third kappa shape index (κ3) is 2.51. The number of anilines is 2. The first-order valence-electron chi connectivity index (χ1n) is 5.61. The number of nitrogens with zero attached hydrogens (tertiary/aromatic N) is 2. The van der Waals surface area contributed by atoms with Gasteiger partial charge in [0.15, 0.2) is 5.82 Å². The lowest BCUT2D eigenvalue weighted by Crippen LogP contribution is -2.06. The SMILES string of the molecule is [O-][S+]1CCc2nc(Cl)nc(Nc3cccc(F)c3)c21. The van der Waals surface area contributed by atoms with Gasteiger partial charge in [-0.3, -0.25) is 0 Å². The molecule has 3 rings (SSSR count). The molecule has 98 valence electrons. The highest BCUT2D eigenvalue weighted by molar-refractivity contribution is 7.91. The van der Waals surface area contributed by atoms with Gasteiger partial charge in [-0.25, -0.2) is 9.37 Å². The minimum atomic E-state index is -1.14. The molecule has 0 aliphatic carbocycles. The van der Waals surface area contributed by atoms with Crippen LogP contribution in [0.2, 0.25) is 5.28 Å². The van der Waals surface area contributed by atoms with E-state index in [1.54, 1.807) is 12.1 Å². The first-order valence-corrected chi connectivity index (χ1v) is 7.30. The quantitative estimate of drug-likeness (QED) is 0.684. The lowest BCUT2D eigenvalue weighted by molar-refractivity contribution is 0.599. The molecule has 0 spiro atoms. The zero-order valence-electron chi connectivity index (χ0n) is 9.69. The lowest BCUT2D eigenvalue weighted by atomic mass is 10.3. The average Bonchev–Trinajstić information content (AvgIpc) is 2.71. The second kappa shape index (κ2) is 4.96. The van der Waals surface area contributed by atoms with Gasteiger partial charge in [0.1, 0.15) is 17.3 Å². The van der Waals surface area contributed by atoms with E-state index in [-0.39, 0.29) is 11.1 Å². The van der Waals surface area contributed by atoms with Crippen LogP contribution in [0.15, 0.2) is 29.2 Å².